The van der Waals surface area contributed by atoms with Crippen molar-refractivity contribution in [3.05, 3.63) is 0 Å². The number of alkyl halides is 2. The summed E-state index contributed by atoms with van der Waals surface area (Å²) in [6.07, 6.45) is 1.31. The van der Waals surface area contributed by atoms with Crippen molar-refractivity contribution in [1.82, 2.24) is 0 Å². The van der Waals surface area contributed by atoms with E-state index in [1.165, 1.54) is 6.42 Å². The van der Waals surface area contributed by atoms with Gasteiger partial charge >= 0.3 is 0 Å². The van der Waals surface area contributed by atoms with E-state index < -0.39 is 0 Å². The molecule has 30 valence electrons. The van der Waals surface area contributed by atoms with Gasteiger partial charge < -0.3 is 0 Å². The lowest BCUT2D eigenvalue weighted by Gasteiger charge is -1.62. The average molecular weight is 200 g/mol. The molecule has 0 bridgehead atoms. The minimum Gasteiger partial charge on any atom is -0.0878 e. The van der Waals surface area contributed by atoms with Gasteiger partial charge in [-0.05, 0) is 6.42 Å². The molecule has 0 aliphatic heterocycles. The molecule has 2 heteroatoms. The summed E-state index contributed by atoms with van der Waals surface area (Å²) in [5.41, 5.74) is 0. The Morgan fingerprint density at radius 3 is 1.40 bits per heavy atom. The van der Waals surface area contributed by atoms with Gasteiger partial charge in [0.2, 0.25) is 0 Å². The molecular formula is C3H4Br2. The third kappa shape index (κ3) is 0.897. The van der Waals surface area contributed by atoms with Crippen molar-refractivity contribution in [2.75, 3.05) is 0 Å². The predicted molar refractivity (Wildman–Crippen MR) is 30.0 cm³/mol. The van der Waals surface area contributed by atoms with Crippen molar-refractivity contribution >= 4 is 31.9 Å². The van der Waals surface area contributed by atoms with Crippen LogP contribution in [-0.2, 0) is 0 Å². The van der Waals surface area contributed by atoms with Crippen molar-refractivity contribution in [3.63, 3.8) is 0 Å². The lowest BCUT2D eigenvalue weighted by molar-refractivity contribution is 1.53. The number of rotatable bonds is 0. The summed E-state index contributed by atoms with van der Waals surface area (Å²) in [5.74, 6) is 0. The van der Waals surface area contributed by atoms with Crippen LogP contribution < -0.4 is 0 Å². The highest BCUT2D eigenvalue weighted by molar-refractivity contribution is 9.12. The first-order valence-corrected chi connectivity index (χ1v) is 3.42. The van der Waals surface area contributed by atoms with E-state index >= 15 is 0 Å². The number of hydrogen-bond donors (Lipinski definition) is 0. The fourth-order valence-electron chi connectivity index (χ4n) is 0.137. The van der Waals surface area contributed by atoms with Gasteiger partial charge in [-0.15, -0.1) is 0 Å². The first-order valence-electron chi connectivity index (χ1n) is 1.59. The Morgan fingerprint density at radius 2 is 1.40 bits per heavy atom. The van der Waals surface area contributed by atoms with Crippen LogP contribution in [0.4, 0.5) is 0 Å². The summed E-state index contributed by atoms with van der Waals surface area (Å²) in [7, 11) is 0. The van der Waals surface area contributed by atoms with E-state index in [4.69, 9.17) is 0 Å². The first-order chi connectivity index (χ1) is 2.30. The highest BCUT2D eigenvalue weighted by atomic mass is 79.9. The zero-order chi connectivity index (χ0) is 3.86. The minimum atomic E-state index is 0.780. The van der Waals surface area contributed by atoms with Gasteiger partial charge in [0, 0.05) is 9.65 Å². The topological polar surface area (TPSA) is 0 Å². The summed E-state index contributed by atoms with van der Waals surface area (Å²) in [5, 5.41) is 0. The molecule has 0 unspecified atom stereocenters. The predicted octanol–water partition coefficient (Wildman–Crippen LogP) is 1.92. The average Bonchev–Trinajstić information content (AvgIpc) is 1.79. The molecule has 1 rings (SSSR count). The molecule has 2 atom stereocenters. The number of hydrogen-bond acceptors (Lipinski definition) is 0. The molecule has 0 aromatic heterocycles. The van der Waals surface area contributed by atoms with E-state index in [-0.39, 0.29) is 0 Å². The zero-order valence-corrected chi connectivity index (χ0v) is 5.79. The molecule has 1 aliphatic carbocycles. The second-order valence-electron chi connectivity index (χ2n) is 1.27. The number of halogens is 2. The molecule has 1 aliphatic rings. The highest BCUT2D eigenvalue weighted by Gasteiger charge is 2.31. The highest BCUT2D eigenvalue weighted by Crippen LogP contribution is 2.36. The van der Waals surface area contributed by atoms with E-state index in [9.17, 15) is 0 Å². The Morgan fingerprint density at radius 1 is 1.20 bits per heavy atom. The molecule has 0 N–H and O–H groups in total. The van der Waals surface area contributed by atoms with Gasteiger partial charge in [-0.1, -0.05) is 31.9 Å². The first kappa shape index (κ1) is 4.13. The van der Waals surface area contributed by atoms with Gasteiger partial charge in [0.15, 0.2) is 0 Å². The molecule has 0 saturated heterocycles. The Labute approximate surface area is 48.2 Å². The van der Waals surface area contributed by atoms with Crippen molar-refractivity contribution in [1.29, 1.82) is 0 Å². The Kier molecular flexibility index (Phi) is 1.01. The smallest absolute Gasteiger partial charge is 0.0282 e. The van der Waals surface area contributed by atoms with E-state index in [1.54, 1.807) is 0 Å². The Hall–Kier alpha value is 0.960. The second kappa shape index (κ2) is 1.23. The third-order valence-electron chi connectivity index (χ3n) is 0.640. The largest absolute Gasteiger partial charge is 0.0878 e. The lowest BCUT2D eigenvalue weighted by atomic mass is 11.0. The van der Waals surface area contributed by atoms with Crippen LogP contribution >= 0.6 is 31.9 Å². The molecule has 0 nitrogen and oxygen atoms in total. The van der Waals surface area contributed by atoms with Gasteiger partial charge in [-0.25, -0.2) is 0 Å². The van der Waals surface area contributed by atoms with Gasteiger partial charge in [0.1, 0.15) is 0 Å². The fourth-order valence-corrected chi connectivity index (χ4v) is 1.44. The standard InChI is InChI=1S/C3H4Br2/c4-2-1-3(2)5/h2-3H,1H2/t2-,3-/m0/s1. The van der Waals surface area contributed by atoms with Gasteiger partial charge in [-0.3, -0.25) is 0 Å². The molecule has 1 fully saturated rings. The van der Waals surface area contributed by atoms with Crippen LogP contribution in [0.15, 0.2) is 0 Å². The lowest BCUT2D eigenvalue weighted by Crippen LogP contribution is -1.61. The van der Waals surface area contributed by atoms with Crippen LogP contribution in [0.3, 0.4) is 0 Å². The van der Waals surface area contributed by atoms with Crippen LogP contribution in [0, 0.1) is 0 Å². The van der Waals surface area contributed by atoms with Crippen molar-refractivity contribution in [2.24, 2.45) is 0 Å². The summed E-state index contributed by atoms with van der Waals surface area (Å²) in [6.45, 7) is 0. The Bertz CT molecular complexity index is 38.2. The SMILES string of the molecule is Br[C@H]1C[C@@H]1Br. The molecule has 0 aromatic rings. The van der Waals surface area contributed by atoms with Crippen LogP contribution in [-0.4, -0.2) is 9.65 Å². The normalized spacial score (nSPS) is 49.2. The molecule has 1 saturated carbocycles. The molecule has 0 heterocycles. The summed E-state index contributed by atoms with van der Waals surface area (Å²) in [4.78, 5) is 1.56. The summed E-state index contributed by atoms with van der Waals surface area (Å²) in [6, 6.07) is 0. The van der Waals surface area contributed by atoms with Gasteiger partial charge in [0.25, 0.3) is 0 Å². The molecule has 0 amide bonds. The Balaban J connectivity index is 2.20. The maximum Gasteiger partial charge on any atom is 0.0282 e. The molecule has 0 aromatic carbocycles. The monoisotopic (exact) mass is 198 g/mol. The van der Waals surface area contributed by atoms with Crippen molar-refractivity contribution in [3.8, 4) is 0 Å². The van der Waals surface area contributed by atoms with E-state index in [1.807, 2.05) is 0 Å². The quantitative estimate of drug-likeness (QED) is 0.524. The van der Waals surface area contributed by atoms with Crippen molar-refractivity contribution < 1.29 is 0 Å². The molecule has 0 radical (unpaired) electrons. The minimum absolute atomic E-state index is 0.780. The van der Waals surface area contributed by atoms with E-state index in [2.05, 4.69) is 31.9 Å². The third-order valence-corrected chi connectivity index (χ3v) is 3.37. The van der Waals surface area contributed by atoms with Crippen molar-refractivity contribution in [2.45, 2.75) is 16.1 Å². The molecular weight excluding hydrogens is 196 g/mol. The van der Waals surface area contributed by atoms with Crippen LogP contribution in [0.1, 0.15) is 6.42 Å². The van der Waals surface area contributed by atoms with Crippen LogP contribution in [0.5, 0.6) is 0 Å². The van der Waals surface area contributed by atoms with E-state index in [0.29, 0.717) is 0 Å². The van der Waals surface area contributed by atoms with Gasteiger partial charge in [-0.2, -0.15) is 0 Å². The molecule has 5 heavy (non-hydrogen) atoms. The van der Waals surface area contributed by atoms with Crippen LogP contribution in [0.2, 0.25) is 0 Å². The van der Waals surface area contributed by atoms with Crippen LogP contribution in [0.25, 0.3) is 0 Å². The fraction of sp³-hybridized carbons (Fsp3) is 1.00. The zero-order valence-electron chi connectivity index (χ0n) is 2.62. The summed E-state index contributed by atoms with van der Waals surface area (Å²) >= 11 is 6.80. The maximum absolute atomic E-state index is 3.40. The van der Waals surface area contributed by atoms with E-state index in [0.717, 1.165) is 9.65 Å². The second-order valence-corrected chi connectivity index (χ2v) is 3.62. The maximum atomic E-state index is 3.40. The molecule has 0 spiro atoms. The summed E-state index contributed by atoms with van der Waals surface area (Å²) < 4.78 is 0. The van der Waals surface area contributed by atoms with Gasteiger partial charge in [0.05, 0.1) is 0 Å².